The maximum Gasteiger partial charge on any atom is 0.320 e. The lowest BCUT2D eigenvalue weighted by Crippen LogP contribution is -2.47. The second-order valence-corrected chi connectivity index (χ2v) is 11.2. The third kappa shape index (κ3) is 5.14. The minimum absolute atomic E-state index is 0.170. The van der Waals surface area contributed by atoms with E-state index in [0.29, 0.717) is 6.04 Å². The van der Waals surface area contributed by atoms with E-state index in [0.717, 1.165) is 88.6 Å². The molecule has 0 bridgehead atoms. The number of hydrogen-bond acceptors (Lipinski definition) is 4. The number of hydrogen-bond donors (Lipinski definition) is 0. The van der Waals surface area contributed by atoms with Gasteiger partial charge in [-0.1, -0.05) is 19.3 Å². The van der Waals surface area contributed by atoms with Crippen LogP contribution in [0.15, 0.2) is 12.1 Å². The fourth-order valence-corrected chi connectivity index (χ4v) is 6.28. The van der Waals surface area contributed by atoms with E-state index in [2.05, 4.69) is 33.4 Å². The summed E-state index contributed by atoms with van der Waals surface area (Å²) in [7, 11) is 0. The SMILES string of the molecule is CC1(C)Cc2cc(F)cc(N3CCN(CCCCN4CCN(C5CCCCC5)C4=O)CC3)c2O1. The first-order valence-electron chi connectivity index (χ1n) is 13.4. The summed E-state index contributed by atoms with van der Waals surface area (Å²) in [4.78, 5) is 21.8. The summed E-state index contributed by atoms with van der Waals surface area (Å²) in [5.74, 6) is 0.702. The molecule has 1 aliphatic carbocycles. The molecular weight excluding hydrogens is 431 g/mol. The molecule has 2 saturated heterocycles. The first-order chi connectivity index (χ1) is 16.4. The van der Waals surface area contributed by atoms with Gasteiger partial charge >= 0.3 is 6.03 Å². The number of urea groups is 1. The smallest absolute Gasteiger partial charge is 0.320 e. The lowest BCUT2D eigenvalue weighted by atomic mass is 9.94. The molecule has 0 aromatic heterocycles. The Balaban J connectivity index is 1.04. The molecule has 0 atom stereocenters. The van der Waals surface area contributed by atoms with Gasteiger partial charge in [0, 0.05) is 69.9 Å². The fourth-order valence-electron chi connectivity index (χ4n) is 6.28. The number of piperazine rings is 1. The molecule has 6 nitrogen and oxygen atoms in total. The van der Waals surface area contributed by atoms with Gasteiger partial charge in [0.15, 0.2) is 0 Å². The second-order valence-electron chi connectivity index (χ2n) is 11.2. The molecular formula is C27H41FN4O2. The number of unbranched alkanes of at least 4 members (excludes halogenated alkanes) is 1. The fraction of sp³-hybridized carbons (Fsp3) is 0.741. The van der Waals surface area contributed by atoms with Crippen LogP contribution in [-0.2, 0) is 6.42 Å². The number of rotatable bonds is 7. The Hall–Kier alpha value is -2.02. The summed E-state index contributed by atoms with van der Waals surface area (Å²) < 4.78 is 20.5. The molecule has 7 heteroatoms. The van der Waals surface area contributed by atoms with Crippen molar-refractivity contribution in [3.63, 3.8) is 0 Å². The van der Waals surface area contributed by atoms with Crippen LogP contribution in [-0.4, -0.2) is 84.7 Å². The van der Waals surface area contributed by atoms with Gasteiger partial charge in [0.05, 0.1) is 5.69 Å². The molecule has 1 aromatic rings. The molecule has 1 aromatic carbocycles. The molecule has 3 fully saturated rings. The van der Waals surface area contributed by atoms with Crippen molar-refractivity contribution in [2.24, 2.45) is 0 Å². The Kier molecular flexibility index (Phi) is 6.92. The van der Waals surface area contributed by atoms with Gasteiger partial charge in [-0.05, 0) is 52.1 Å². The minimum atomic E-state index is -0.267. The number of ether oxygens (including phenoxy) is 1. The zero-order valence-corrected chi connectivity index (χ0v) is 21.0. The van der Waals surface area contributed by atoms with Gasteiger partial charge in [0.1, 0.15) is 17.2 Å². The highest BCUT2D eigenvalue weighted by Crippen LogP contribution is 2.43. The highest BCUT2D eigenvalue weighted by molar-refractivity contribution is 5.76. The lowest BCUT2D eigenvalue weighted by Gasteiger charge is -2.37. The highest BCUT2D eigenvalue weighted by atomic mass is 19.1. The molecule has 0 spiro atoms. The molecule has 188 valence electrons. The Labute approximate surface area is 204 Å². The normalized spacial score (nSPS) is 23.5. The van der Waals surface area contributed by atoms with Crippen LogP contribution in [0, 0.1) is 5.82 Å². The Morgan fingerprint density at radius 1 is 0.971 bits per heavy atom. The van der Waals surface area contributed by atoms with Crippen LogP contribution in [0.5, 0.6) is 5.75 Å². The van der Waals surface area contributed by atoms with Crippen molar-refractivity contribution >= 4 is 11.7 Å². The minimum Gasteiger partial charge on any atom is -0.485 e. The van der Waals surface area contributed by atoms with Gasteiger partial charge in [0.2, 0.25) is 0 Å². The number of nitrogens with zero attached hydrogens (tertiary/aromatic N) is 4. The molecule has 5 rings (SSSR count). The van der Waals surface area contributed by atoms with E-state index < -0.39 is 0 Å². The summed E-state index contributed by atoms with van der Waals surface area (Å²) in [5, 5.41) is 0. The lowest BCUT2D eigenvalue weighted by molar-refractivity contribution is 0.138. The predicted octanol–water partition coefficient (Wildman–Crippen LogP) is 4.51. The standard InChI is InChI=1S/C27H41FN4O2/c1-27(2)20-21-18-22(28)19-24(25(21)34-27)30-14-12-29(13-15-30)10-6-7-11-31-16-17-32(26(31)33)23-8-4-3-5-9-23/h18-19,23H,3-17,20H2,1-2H3. The molecule has 2 amide bonds. The average molecular weight is 473 g/mol. The van der Waals surface area contributed by atoms with Crippen molar-refractivity contribution in [2.75, 3.05) is 57.3 Å². The first kappa shape index (κ1) is 23.7. The van der Waals surface area contributed by atoms with Crippen LogP contribution in [0.2, 0.25) is 0 Å². The van der Waals surface area contributed by atoms with Crippen molar-refractivity contribution < 1.29 is 13.9 Å². The number of carbonyl (C=O) groups is 1. The Morgan fingerprint density at radius 3 is 2.47 bits per heavy atom. The number of halogens is 1. The summed E-state index contributed by atoms with van der Waals surface area (Å²) in [6.45, 7) is 11.6. The monoisotopic (exact) mass is 472 g/mol. The third-order valence-corrected chi connectivity index (χ3v) is 8.11. The van der Waals surface area contributed by atoms with Gasteiger partial charge < -0.3 is 19.4 Å². The van der Waals surface area contributed by atoms with Crippen LogP contribution < -0.4 is 9.64 Å². The Bertz CT molecular complexity index is 878. The van der Waals surface area contributed by atoms with Crippen molar-refractivity contribution in [3.8, 4) is 5.75 Å². The van der Waals surface area contributed by atoms with E-state index in [9.17, 15) is 9.18 Å². The van der Waals surface area contributed by atoms with E-state index in [-0.39, 0.29) is 17.4 Å². The number of amides is 2. The topological polar surface area (TPSA) is 39.3 Å². The van der Waals surface area contributed by atoms with Crippen molar-refractivity contribution in [3.05, 3.63) is 23.5 Å². The maximum atomic E-state index is 14.3. The average Bonchev–Trinajstić information content (AvgIpc) is 3.34. The van der Waals surface area contributed by atoms with Crippen LogP contribution in [0.4, 0.5) is 14.9 Å². The van der Waals surface area contributed by atoms with Crippen molar-refractivity contribution in [1.29, 1.82) is 0 Å². The molecule has 3 aliphatic heterocycles. The number of fused-ring (bicyclic) bond motifs is 1. The molecule has 34 heavy (non-hydrogen) atoms. The van der Waals surface area contributed by atoms with Crippen LogP contribution >= 0.6 is 0 Å². The molecule has 0 radical (unpaired) electrons. The van der Waals surface area contributed by atoms with Crippen LogP contribution in [0.25, 0.3) is 0 Å². The third-order valence-electron chi connectivity index (χ3n) is 8.11. The Morgan fingerprint density at radius 2 is 1.71 bits per heavy atom. The molecule has 3 heterocycles. The van der Waals surface area contributed by atoms with Gasteiger partial charge in [-0.3, -0.25) is 4.90 Å². The number of carbonyl (C=O) groups excluding carboxylic acids is 1. The van der Waals surface area contributed by atoms with E-state index in [1.807, 2.05) is 0 Å². The quantitative estimate of drug-likeness (QED) is 0.548. The summed E-state index contributed by atoms with van der Waals surface area (Å²) in [5.41, 5.74) is 1.63. The first-order valence-corrected chi connectivity index (χ1v) is 13.4. The predicted molar refractivity (Wildman–Crippen MR) is 133 cm³/mol. The number of benzene rings is 1. The second kappa shape index (κ2) is 9.92. The molecule has 0 N–H and O–H groups in total. The van der Waals surface area contributed by atoms with Crippen molar-refractivity contribution in [1.82, 2.24) is 14.7 Å². The summed E-state index contributed by atoms with van der Waals surface area (Å²) in [6, 6.07) is 4.02. The van der Waals surface area contributed by atoms with Gasteiger partial charge in [0.25, 0.3) is 0 Å². The van der Waals surface area contributed by atoms with Crippen LogP contribution in [0.1, 0.15) is 64.4 Å². The molecule has 0 unspecified atom stereocenters. The molecule has 4 aliphatic rings. The van der Waals surface area contributed by atoms with E-state index in [1.54, 1.807) is 12.1 Å². The van der Waals surface area contributed by atoms with Gasteiger partial charge in [-0.25, -0.2) is 9.18 Å². The maximum absolute atomic E-state index is 14.3. The van der Waals surface area contributed by atoms with Gasteiger partial charge in [-0.15, -0.1) is 0 Å². The van der Waals surface area contributed by atoms with Crippen molar-refractivity contribution in [2.45, 2.75) is 76.9 Å². The molecule has 1 saturated carbocycles. The van der Waals surface area contributed by atoms with Crippen LogP contribution in [0.3, 0.4) is 0 Å². The summed E-state index contributed by atoms with van der Waals surface area (Å²) in [6.07, 6.45) is 9.17. The largest absolute Gasteiger partial charge is 0.485 e. The van der Waals surface area contributed by atoms with E-state index >= 15 is 0 Å². The van der Waals surface area contributed by atoms with E-state index in [4.69, 9.17) is 4.74 Å². The highest BCUT2D eigenvalue weighted by Gasteiger charge is 2.35. The summed E-state index contributed by atoms with van der Waals surface area (Å²) >= 11 is 0. The number of anilines is 1. The van der Waals surface area contributed by atoms with E-state index in [1.165, 1.54) is 32.1 Å². The zero-order valence-electron chi connectivity index (χ0n) is 21.0. The zero-order chi connectivity index (χ0) is 23.7. The van der Waals surface area contributed by atoms with Gasteiger partial charge in [-0.2, -0.15) is 0 Å².